The van der Waals surface area contributed by atoms with Gasteiger partial charge in [-0.3, -0.25) is 0 Å². The minimum Gasteiger partial charge on any atom is -0.312 e. The highest BCUT2D eigenvalue weighted by Gasteiger charge is 2.56. The zero-order valence-corrected chi connectivity index (χ0v) is 37.4. The number of benzene rings is 8. The van der Waals surface area contributed by atoms with E-state index in [1.54, 1.807) is 10.4 Å². The first-order valence-corrected chi connectivity index (χ1v) is 25.4. The summed E-state index contributed by atoms with van der Waals surface area (Å²) >= 11 is 0. The third kappa shape index (κ3) is 4.77. The minimum absolute atomic E-state index is 0.110. The van der Waals surface area contributed by atoms with Crippen molar-refractivity contribution in [3.8, 4) is 0 Å². The van der Waals surface area contributed by atoms with Crippen molar-refractivity contribution in [2.45, 2.75) is 58.0 Å². The number of anilines is 12. The van der Waals surface area contributed by atoms with Crippen LogP contribution in [0, 0.1) is 0 Å². The predicted molar refractivity (Wildman–Crippen MR) is 271 cm³/mol. The maximum absolute atomic E-state index is 2.76. The summed E-state index contributed by atoms with van der Waals surface area (Å²) < 4.78 is 0. The van der Waals surface area contributed by atoms with E-state index >= 15 is 0 Å². The van der Waals surface area contributed by atoms with Crippen molar-refractivity contribution in [1.29, 1.82) is 0 Å². The van der Waals surface area contributed by atoms with Gasteiger partial charge in [0.1, 0.15) is 8.07 Å². The van der Waals surface area contributed by atoms with Gasteiger partial charge in [0.25, 0.3) is 6.71 Å². The Hall–Kier alpha value is -6.76. The summed E-state index contributed by atoms with van der Waals surface area (Å²) in [6, 6.07) is 69.4. The first kappa shape index (κ1) is 36.9. The summed E-state index contributed by atoms with van der Waals surface area (Å²) in [7, 11) is -2.19. The van der Waals surface area contributed by atoms with E-state index in [0.717, 1.165) is 34.1 Å². The molecule has 0 amide bonds. The molecule has 0 spiro atoms. The van der Waals surface area contributed by atoms with Gasteiger partial charge in [0.05, 0.1) is 28.4 Å². The second-order valence-corrected chi connectivity index (χ2v) is 22.9. The van der Waals surface area contributed by atoms with Crippen LogP contribution in [0.1, 0.15) is 51.7 Å². The first-order chi connectivity index (χ1) is 31.0. The fourth-order valence-electron chi connectivity index (χ4n) is 12.8. The Bertz CT molecular complexity index is 3130. The molecule has 13 rings (SSSR count). The van der Waals surface area contributed by atoms with E-state index in [0.29, 0.717) is 0 Å². The van der Waals surface area contributed by atoms with Crippen LogP contribution < -0.4 is 46.4 Å². The SMILES string of the molecule is CCC[Si]1(CCC)c2ccccc2N2c3cc(N4c5ccccc5N(c5ccccc5)c5ccccc54)cc4c3B3c5c(cccc5C(C)(C)c5ccc1c2c53)N4c1ccccc1. The highest BCUT2D eigenvalue weighted by Crippen LogP contribution is 2.57. The van der Waals surface area contributed by atoms with E-state index in [4.69, 9.17) is 0 Å². The zero-order chi connectivity index (χ0) is 42.2. The molecule has 0 saturated carbocycles. The lowest BCUT2D eigenvalue weighted by Crippen LogP contribution is -2.72. The van der Waals surface area contributed by atoms with Gasteiger partial charge in [0.2, 0.25) is 0 Å². The summed E-state index contributed by atoms with van der Waals surface area (Å²) in [6.45, 7) is 9.89. The zero-order valence-electron chi connectivity index (χ0n) is 36.4. The molecule has 8 aromatic rings. The lowest BCUT2D eigenvalue weighted by molar-refractivity contribution is 0.646. The number of nitrogens with zero attached hydrogens (tertiary/aromatic N) is 4. The van der Waals surface area contributed by atoms with Gasteiger partial charge in [-0.15, -0.1) is 0 Å². The van der Waals surface area contributed by atoms with Crippen LogP contribution in [-0.2, 0) is 5.41 Å². The lowest BCUT2D eigenvalue weighted by atomic mass is 9.28. The third-order valence-corrected chi connectivity index (χ3v) is 20.7. The van der Waals surface area contributed by atoms with Crippen molar-refractivity contribution in [2.24, 2.45) is 0 Å². The van der Waals surface area contributed by atoms with Crippen molar-refractivity contribution in [2.75, 3.05) is 19.6 Å². The molecule has 63 heavy (non-hydrogen) atoms. The molecule has 0 bridgehead atoms. The molecule has 0 N–H and O–H groups in total. The van der Waals surface area contributed by atoms with Crippen LogP contribution in [0.15, 0.2) is 176 Å². The Kier molecular flexibility index (Phi) is 7.82. The number of para-hydroxylation sites is 7. The van der Waals surface area contributed by atoms with E-state index in [1.165, 1.54) is 86.6 Å². The van der Waals surface area contributed by atoms with Crippen molar-refractivity contribution < 1.29 is 0 Å². The fourth-order valence-corrected chi connectivity index (χ4v) is 18.3. The van der Waals surface area contributed by atoms with E-state index < -0.39 is 8.07 Å². The largest absolute Gasteiger partial charge is 0.312 e. The number of fused-ring (bicyclic) bond motifs is 5. The van der Waals surface area contributed by atoms with Gasteiger partial charge in [0, 0.05) is 45.2 Å². The highest BCUT2D eigenvalue weighted by molar-refractivity contribution is 7.07. The van der Waals surface area contributed by atoms with Crippen molar-refractivity contribution in [3.63, 3.8) is 0 Å². The topological polar surface area (TPSA) is 13.0 Å². The second kappa shape index (κ2) is 13.4. The number of hydrogen-bond donors (Lipinski definition) is 0. The van der Waals surface area contributed by atoms with Crippen LogP contribution in [-0.4, -0.2) is 14.8 Å². The van der Waals surface area contributed by atoms with Crippen LogP contribution in [0.2, 0.25) is 12.1 Å². The summed E-state index contributed by atoms with van der Waals surface area (Å²) in [5.41, 5.74) is 22.0. The van der Waals surface area contributed by atoms with Crippen molar-refractivity contribution >= 4 is 110 Å². The van der Waals surface area contributed by atoms with Crippen LogP contribution >= 0.6 is 0 Å². The van der Waals surface area contributed by atoms with Crippen LogP contribution in [0.4, 0.5) is 68.2 Å². The standard InChI is InChI=1S/C57H49BN4Si/c1-5-34-63(35-6-2)51-31-18-17-29-47(51)62-50-37-40(61-45-27-15-13-25-43(45)59(38-20-9-7-10-21-38)44-26-14-16-28-46(44)61)36-49-55(50)58-53-41(57(3,4)42-32-33-52(63)56(62)54(42)58)24-19-30-48(53)60(49)39-22-11-8-12-23-39/h7-33,36-37H,5-6,34-35H2,1-4H3. The van der Waals surface area contributed by atoms with Crippen molar-refractivity contribution in [3.05, 3.63) is 187 Å². The lowest BCUT2D eigenvalue weighted by Gasteiger charge is -2.54. The summed E-state index contributed by atoms with van der Waals surface area (Å²) in [4.78, 5) is 10.3. The molecule has 8 aromatic carbocycles. The van der Waals surface area contributed by atoms with Gasteiger partial charge in [-0.2, -0.15) is 0 Å². The fraction of sp³-hybridized carbons (Fsp3) is 0.158. The van der Waals surface area contributed by atoms with Gasteiger partial charge in [-0.25, -0.2) is 0 Å². The summed E-state index contributed by atoms with van der Waals surface area (Å²) in [6.07, 6.45) is 2.37. The maximum atomic E-state index is 2.76. The molecule has 0 unspecified atom stereocenters. The quantitative estimate of drug-likeness (QED) is 0.148. The average molecular weight is 829 g/mol. The molecule has 0 aliphatic carbocycles. The molecule has 4 nitrogen and oxygen atoms in total. The van der Waals surface area contributed by atoms with E-state index in [-0.39, 0.29) is 12.1 Å². The van der Waals surface area contributed by atoms with Gasteiger partial charge in [-0.1, -0.05) is 144 Å². The Morgan fingerprint density at radius 1 is 0.397 bits per heavy atom. The molecule has 0 atom stereocenters. The molecule has 0 radical (unpaired) electrons. The van der Waals surface area contributed by atoms with Crippen LogP contribution in [0.5, 0.6) is 0 Å². The van der Waals surface area contributed by atoms with Gasteiger partial charge < -0.3 is 19.6 Å². The average Bonchev–Trinajstić information content (AvgIpc) is 3.32. The minimum atomic E-state index is -2.19. The molecular weight excluding hydrogens is 780 g/mol. The van der Waals surface area contributed by atoms with E-state index in [9.17, 15) is 0 Å². The first-order valence-electron chi connectivity index (χ1n) is 23.0. The van der Waals surface area contributed by atoms with Gasteiger partial charge in [0.15, 0.2) is 0 Å². The van der Waals surface area contributed by atoms with E-state index in [1.807, 2.05) is 0 Å². The van der Waals surface area contributed by atoms with Gasteiger partial charge in [-0.05, 0) is 123 Å². The molecule has 6 heteroatoms. The smallest absolute Gasteiger partial charge is 0.252 e. The monoisotopic (exact) mass is 828 g/mol. The van der Waals surface area contributed by atoms with Crippen LogP contribution in [0.3, 0.4) is 0 Å². The Morgan fingerprint density at radius 3 is 1.46 bits per heavy atom. The summed E-state index contributed by atoms with van der Waals surface area (Å²) in [5, 5.41) is 3.23. The molecule has 5 aliphatic heterocycles. The normalized spacial score (nSPS) is 16.0. The molecule has 5 aliphatic rings. The Balaban J connectivity index is 1.17. The van der Waals surface area contributed by atoms with Gasteiger partial charge >= 0.3 is 0 Å². The predicted octanol–water partition coefficient (Wildman–Crippen LogP) is 12.4. The molecule has 0 fully saturated rings. The van der Waals surface area contributed by atoms with Crippen molar-refractivity contribution in [1.82, 2.24) is 0 Å². The third-order valence-electron chi connectivity index (χ3n) is 15.1. The second-order valence-electron chi connectivity index (χ2n) is 18.7. The molecular formula is C57H49BN4Si. The Labute approximate surface area is 372 Å². The summed E-state index contributed by atoms with van der Waals surface area (Å²) in [5.74, 6) is 0. The Morgan fingerprint density at radius 2 is 0.873 bits per heavy atom. The molecule has 0 saturated heterocycles. The molecule has 5 heterocycles. The number of hydrogen-bond acceptors (Lipinski definition) is 4. The number of rotatable bonds is 7. The molecule has 304 valence electrons. The van der Waals surface area contributed by atoms with Crippen LogP contribution in [0.25, 0.3) is 0 Å². The molecule has 0 aromatic heterocycles. The highest BCUT2D eigenvalue weighted by atomic mass is 28.3. The maximum Gasteiger partial charge on any atom is 0.252 e. The van der Waals surface area contributed by atoms with E-state index in [2.05, 4.69) is 223 Å².